The van der Waals surface area contributed by atoms with E-state index in [9.17, 15) is 14.4 Å². The van der Waals surface area contributed by atoms with Gasteiger partial charge >= 0.3 is 11.7 Å². The summed E-state index contributed by atoms with van der Waals surface area (Å²) in [6.07, 6.45) is 1.66. The minimum Gasteiger partial charge on any atom is -0.460 e. The summed E-state index contributed by atoms with van der Waals surface area (Å²) >= 11 is 0. The molecule has 1 heterocycles. The lowest BCUT2D eigenvalue weighted by Crippen LogP contribution is -2.25. The standard InChI is InChI=1S/C15H16N2O4/c1-4-21-14(19)13(18)11-7-5-6-8-12(11)17-10(2)9-16(3)15(17)20/h5-9H,4H2,1-3H3. The molecule has 1 aromatic heterocycles. The van der Waals surface area contributed by atoms with Gasteiger partial charge in [-0.05, 0) is 26.0 Å². The highest BCUT2D eigenvalue weighted by Gasteiger charge is 2.22. The summed E-state index contributed by atoms with van der Waals surface area (Å²) in [5, 5.41) is 0. The average molecular weight is 288 g/mol. The molecule has 0 bridgehead atoms. The zero-order chi connectivity index (χ0) is 15.6. The molecule has 21 heavy (non-hydrogen) atoms. The van der Waals surface area contributed by atoms with E-state index in [2.05, 4.69) is 0 Å². The van der Waals surface area contributed by atoms with Crippen molar-refractivity contribution in [1.29, 1.82) is 0 Å². The Morgan fingerprint density at radius 3 is 2.48 bits per heavy atom. The summed E-state index contributed by atoms with van der Waals surface area (Å²) in [4.78, 5) is 36.0. The normalized spacial score (nSPS) is 10.4. The molecule has 0 fully saturated rings. The highest BCUT2D eigenvalue weighted by molar-refractivity contribution is 6.41. The van der Waals surface area contributed by atoms with Gasteiger partial charge in [0.15, 0.2) is 0 Å². The summed E-state index contributed by atoms with van der Waals surface area (Å²) in [5.74, 6) is -1.69. The molecule has 0 N–H and O–H groups in total. The fourth-order valence-corrected chi connectivity index (χ4v) is 2.16. The van der Waals surface area contributed by atoms with Crippen molar-refractivity contribution in [2.45, 2.75) is 13.8 Å². The highest BCUT2D eigenvalue weighted by Crippen LogP contribution is 2.16. The number of esters is 1. The first kappa shape index (κ1) is 14.8. The number of benzene rings is 1. The summed E-state index contributed by atoms with van der Waals surface area (Å²) in [6.45, 7) is 3.51. The van der Waals surface area contributed by atoms with E-state index in [0.717, 1.165) is 0 Å². The van der Waals surface area contributed by atoms with Crippen LogP contribution in [0.1, 0.15) is 23.0 Å². The third kappa shape index (κ3) is 2.65. The quantitative estimate of drug-likeness (QED) is 0.482. The maximum Gasteiger partial charge on any atom is 0.379 e. The molecule has 110 valence electrons. The average Bonchev–Trinajstić information content (AvgIpc) is 2.71. The van der Waals surface area contributed by atoms with Crippen molar-refractivity contribution in [3.05, 3.63) is 52.2 Å². The molecule has 0 amide bonds. The van der Waals surface area contributed by atoms with Crippen LogP contribution in [0.2, 0.25) is 0 Å². The van der Waals surface area contributed by atoms with Crippen LogP contribution in [0, 0.1) is 6.92 Å². The smallest absolute Gasteiger partial charge is 0.379 e. The molecule has 0 saturated carbocycles. The first-order chi connectivity index (χ1) is 9.97. The third-order valence-electron chi connectivity index (χ3n) is 3.08. The van der Waals surface area contributed by atoms with Crippen molar-refractivity contribution >= 4 is 11.8 Å². The Hall–Kier alpha value is -2.63. The SMILES string of the molecule is CCOC(=O)C(=O)c1ccccc1-n1c(C)cn(C)c1=O. The van der Waals surface area contributed by atoms with Crippen LogP contribution in [0.3, 0.4) is 0 Å². The molecule has 1 aromatic carbocycles. The summed E-state index contributed by atoms with van der Waals surface area (Å²) < 4.78 is 7.55. The van der Waals surface area contributed by atoms with Gasteiger partial charge in [0.25, 0.3) is 5.78 Å². The minimum atomic E-state index is -0.924. The second-order valence-electron chi connectivity index (χ2n) is 4.57. The Bertz CT molecular complexity index is 755. The number of nitrogens with zero attached hydrogens (tertiary/aromatic N) is 2. The van der Waals surface area contributed by atoms with Gasteiger partial charge in [-0.15, -0.1) is 0 Å². The van der Waals surface area contributed by atoms with Crippen molar-refractivity contribution in [3.8, 4) is 5.69 Å². The molecule has 2 aromatic rings. The predicted molar refractivity (Wildman–Crippen MR) is 76.7 cm³/mol. The number of carbonyl (C=O) groups excluding carboxylic acids is 2. The van der Waals surface area contributed by atoms with E-state index in [1.807, 2.05) is 0 Å². The molecular weight excluding hydrogens is 272 g/mol. The van der Waals surface area contributed by atoms with Gasteiger partial charge in [0.2, 0.25) is 0 Å². The minimum absolute atomic E-state index is 0.122. The lowest BCUT2D eigenvalue weighted by molar-refractivity contribution is -0.137. The number of para-hydroxylation sites is 1. The Morgan fingerprint density at radius 1 is 1.24 bits per heavy atom. The second kappa shape index (κ2) is 5.78. The number of aromatic nitrogens is 2. The molecule has 0 aliphatic heterocycles. The van der Waals surface area contributed by atoms with Crippen LogP contribution in [0.5, 0.6) is 0 Å². The van der Waals surface area contributed by atoms with Crippen molar-refractivity contribution in [2.75, 3.05) is 6.61 Å². The van der Waals surface area contributed by atoms with E-state index >= 15 is 0 Å². The van der Waals surface area contributed by atoms with Gasteiger partial charge in [0.1, 0.15) is 0 Å². The molecule has 0 aliphatic carbocycles. The maximum absolute atomic E-state index is 12.2. The van der Waals surface area contributed by atoms with E-state index in [1.54, 1.807) is 45.3 Å². The molecule has 0 saturated heterocycles. The monoisotopic (exact) mass is 288 g/mol. The number of ketones is 1. The van der Waals surface area contributed by atoms with Gasteiger partial charge in [-0.3, -0.25) is 9.36 Å². The van der Waals surface area contributed by atoms with Gasteiger partial charge in [0, 0.05) is 18.9 Å². The topological polar surface area (TPSA) is 70.3 Å². The molecule has 0 radical (unpaired) electrons. The van der Waals surface area contributed by atoms with Crippen LogP contribution in [0.25, 0.3) is 5.69 Å². The van der Waals surface area contributed by atoms with E-state index < -0.39 is 11.8 Å². The largest absolute Gasteiger partial charge is 0.460 e. The molecule has 0 spiro atoms. The van der Waals surface area contributed by atoms with Crippen molar-refractivity contribution < 1.29 is 14.3 Å². The van der Waals surface area contributed by atoms with Crippen LogP contribution < -0.4 is 5.69 Å². The Labute approximate surface area is 121 Å². The first-order valence-corrected chi connectivity index (χ1v) is 6.53. The van der Waals surface area contributed by atoms with E-state index in [4.69, 9.17) is 4.74 Å². The molecule has 6 heteroatoms. The summed E-state index contributed by atoms with van der Waals surface area (Å²) in [5.41, 5.74) is 0.911. The number of hydrogen-bond acceptors (Lipinski definition) is 4. The lowest BCUT2D eigenvalue weighted by atomic mass is 10.1. The zero-order valence-electron chi connectivity index (χ0n) is 12.1. The fourth-order valence-electron chi connectivity index (χ4n) is 2.16. The second-order valence-corrected chi connectivity index (χ2v) is 4.57. The number of imidazole rings is 1. The predicted octanol–water partition coefficient (Wildman–Crippen LogP) is 1.23. The molecule has 0 unspecified atom stereocenters. The van der Waals surface area contributed by atoms with Crippen LogP contribution in [0.15, 0.2) is 35.3 Å². The number of ether oxygens (including phenoxy) is 1. The highest BCUT2D eigenvalue weighted by atomic mass is 16.5. The first-order valence-electron chi connectivity index (χ1n) is 6.53. The number of carbonyl (C=O) groups is 2. The number of aryl methyl sites for hydroxylation is 2. The van der Waals surface area contributed by atoms with Crippen molar-refractivity contribution in [1.82, 2.24) is 9.13 Å². The van der Waals surface area contributed by atoms with Crippen molar-refractivity contribution in [3.63, 3.8) is 0 Å². The van der Waals surface area contributed by atoms with Crippen LogP contribution in [0.4, 0.5) is 0 Å². The lowest BCUT2D eigenvalue weighted by Gasteiger charge is -2.09. The number of rotatable bonds is 4. The van der Waals surface area contributed by atoms with Gasteiger partial charge in [0.05, 0.1) is 17.9 Å². The van der Waals surface area contributed by atoms with Gasteiger partial charge in [-0.25, -0.2) is 9.59 Å². The molecule has 2 rings (SSSR count). The molecule has 0 atom stereocenters. The zero-order valence-corrected chi connectivity index (χ0v) is 12.1. The van der Waals surface area contributed by atoms with Crippen LogP contribution in [-0.4, -0.2) is 27.5 Å². The molecule has 0 aliphatic rings. The molecule has 6 nitrogen and oxygen atoms in total. The van der Waals surface area contributed by atoms with E-state index in [1.165, 1.54) is 15.2 Å². The van der Waals surface area contributed by atoms with Gasteiger partial charge < -0.3 is 9.30 Å². The van der Waals surface area contributed by atoms with Crippen LogP contribution in [-0.2, 0) is 16.6 Å². The Balaban J connectivity index is 2.59. The van der Waals surface area contributed by atoms with E-state index in [0.29, 0.717) is 11.4 Å². The Morgan fingerprint density at radius 2 is 1.90 bits per heavy atom. The third-order valence-corrected chi connectivity index (χ3v) is 3.08. The number of hydrogen-bond donors (Lipinski definition) is 0. The van der Waals surface area contributed by atoms with Gasteiger partial charge in [-0.2, -0.15) is 0 Å². The van der Waals surface area contributed by atoms with E-state index in [-0.39, 0.29) is 17.9 Å². The number of Topliss-reactive ketones (excluding diaryl/α,β-unsaturated/α-hetero) is 1. The fraction of sp³-hybridized carbons (Fsp3) is 0.267. The summed E-state index contributed by atoms with van der Waals surface area (Å²) in [6, 6.07) is 6.48. The van der Waals surface area contributed by atoms with Crippen molar-refractivity contribution in [2.24, 2.45) is 7.05 Å². The summed E-state index contributed by atoms with van der Waals surface area (Å²) in [7, 11) is 1.63. The maximum atomic E-state index is 12.2. The Kier molecular flexibility index (Phi) is 4.07. The van der Waals surface area contributed by atoms with Gasteiger partial charge in [-0.1, -0.05) is 12.1 Å². The molecular formula is C15H16N2O4. The van der Waals surface area contributed by atoms with Crippen LogP contribution >= 0.6 is 0 Å².